The number of nitrogens with zero attached hydrogens (tertiary/aromatic N) is 1. The Hall–Kier alpha value is -1.98. The predicted molar refractivity (Wildman–Crippen MR) is 131 cm³/mol. The van der Waals surface area contributed by atoms with Crippen LogP contribution in [-0.2, 0) is 17.6 Å². The van der Waals surface area contributed by atoms with Crippen molar-refractivity contribution in [1.29, 1.82) is 0 Å². The van der Waals surface area contributed by atoms with Crippen LogP contribution in [0, 0.1) is 12.8 Å². The predicted octanol–water partition coefficient (Wildman–Crippen LogP) is 6.11. The smallest absolute Gasteiger partial charge is 0.338 e. The van der Waals surface area contributed by atoms with Gasteiger partial charge in [-0.2, -0.15) is 0 Å². The van der Waals surface area contributed by atoms with Crippen LogP contribution in [0.2, 0.25) is 0 Å². The lowest BCUT2D eigenvalue weighted by atomic mass is 9.87. The van der Waals surface area contributed by atoms with Crippen molar-refractivity contribution in [3.63, 3.8) is 0 Å². The molecule has 3 nitrogen and oxygen atoms in total. The molecular formula is C27H31BrFNO2. The molecule has 2 aromatic carbocycles. The van der Waals surface area contributed by atoms with E-state index in [4.69, 9.17) is 4.74 Å². The maximum absolute atomic E-state index is 12.3. The second-order valence-corrected chi connectivity index (χ2v) is 9.92. The lowest BCUT2D eigenvalue weighted by molar-refractivity contribution is 0.0599. The van der Waals surface area contributed by atoms with Gasteiger partial charge < -0.3 is 9.64 Å². The zero-order valence-corrected chi connectivity index (χ0v) is 20.5. The number of fused-ring (bicyclic) bond motifs is 1. The van der Waals surface area contributed by atoms with Gasteiger partial charge in [-0.05, 0) is 84.4 Å². The first-order chi connectivity index (χ1) is 15.5. The zero-order valence-electron chi connectivity index (χ0n) is 18.9. The van der Waals surface area contributed by atoms with Crippen LogP contribution in [0.1, 0.15) is 57.4 Å². The standard InChI is InChI=1S/C27H31BrFNO2/c1-18-22-5-3-6-25(28)26(24(22)12-11-23(18)27(31)32-2)21-9-7-19(8-10-21)15-20-16-30(17-20)14-4-13-29/h7-12,20H,3-6,13-17H2,1-2H3. The number of rotatable bonds is 7. The number of carbonyl (C=O) groups excluding carboxylic acids is 1. The number of benzene rings is 2. The fourth-order valence-corrected chi connectivity index (χ4v) is 5.78. The van der Waals surface area contributed by atoms with Crippen LogP contribution < -0.4 is 0 Å². The SMILES string of the molecule is COC(=O)c1ccc2c(c1C)CCCC(Br)=C2c1ccc(CC2CN(CCCF)C2)cc1. The molecule has 0 unspecified atom stereocenters. The lowest BCUT2D eigenvalue weighted by Crippen LogP contribution is -2.47. The van der Waals surface area contributed by atoms with E-state index in [1.165, 1.54) is 39.4 Å². The third-order valence-electron chi connectivity index (χ3n) is 6.78. The van der Waals surface area contributed by atoms with Crippen LogP contribution in [0.4, 0.5) is 4.39 Å². The zero-order chi connectivity index (χ0) is 22.7. The Morgan fingerprint density at radius 2 is 1.91 bits per heavy atom. The van der Waals surface area contributed by atoms with Gasteiger partial charge in [0, 0.05) is 24.1 Å². The molecule has 0 bridgehead atoms. The Morgan fingerprint density at radius 3 is 2.59 bits per heavy atom. The van der Waals surface area contributed by atoms with E-state index < -0.39 is 0 Å². The van der Waals surface area contributed by atoms with E-state index in [2.05, 4.69) is 51.2 Å². The molecule has 0 aromatic heterocycles. The van der Waals surface area contributed by atoms with Gasteiger partial charge in [-0.3, -0.25) is 4.39 Å². The summed E-state index contributed by atoms with van der Waals surface area (Å²) in [5.41, 5.74) is 7.90. The molecule has 0 saturated carbocycles. The molecule has 4 rings (SSSR count). The number of carbonyl (C=O) groups is 1. The highest BCUT2D eigenvalue weighted by atomic mass is 79.9. The summed E-state index contributed by atoms with van der Waals surface area (Å²) in [6.45, 7) is 4.84. The van der Waals surface area contributed by atoms with E-state index in [1.54, 1.807) is 0 Å². The van der Waals surface area contributed by atoms with Crippen molar-refractivity contribution in [2.45, 2.75) is 39.0 Å². The van der Waals surface area contributed by atoms with Crippen LogP contribution in [0.3, 0.4) is 0 Å². The second kappa shape index (κ2) is 10.3. The monoisotopic (exact) mass is 499 g/mol. The highest BCUT2D eigenvalue weighted by Crippen LogP contribution is 2.39. The minimum atomic E-state index is -0.275. The summed E-state index contributed by atoms with van der Waals surface area (Å²) >= 11 is 3.86. The number of hydrogen-bond donors (Lipinski definition) is 0. The van der Waals surface area contributed by atoms with Gasteiger partial charge in [0.15, 0.2) is 0 Å². The summed E-state index contributed by atoms with van der Waals surface area (Å²) in [5.74, 6) is 0.396. The van der Waals surface area contributed by atoms with E-state index in [0.717, 1.165) is 50.9 Å². The molecule has 1 heterocycles. The van der Waals surface area contributed by atoms with Gasteiger partial charge >= 0.3 is 5.97 Å². The summed E-state index contributed by atoms with van der Waals surface area (Å²) in [6, 6.07) is 12.9. The molecule has 1 aliphatic heterocycles. The number of halogens is 2. The molecule has 0 radical (unpaired) electrons. The van der Waals surface area contributed by atoms with Crippen LogP contribution >= 0.6 is 15.9 Å². The van der Waals surface area contributed by atoms with Gasteiger partial charge in [-0.15, -0.1) is 0 Å². The molecule has 5 heteroatoms. The molecule has 170 valence electrons. The Bertz CT molecular complexity index is 1010. The number of methoxy groups -OCH3 is 1. The van der Waals surface area contributed by atoms with Crippen LogP contribution in [0.25, 0.3) is 5.57 Å². The first-order valence-electron chi connectivity index (χ1n) is 11.5. The van der Waals surface area contributed by atoms with Crippen molar-refractivity contribution >= 4 is 27.5 Å². The molecule has 0 spiro atoms. The largest absolute Gasteiger partial charge is 0.465 e. The van der Waals surface area contributed by atoms with E-state index in [0.29, 0.717) is 17.9 Å². The highest BCUT2D eigenvalue weighted by Gasteiger charge is 2.26. The van der Waals surface area contributed by atoms with Gasteiger partial charge in [-0.1, -0.05) is 46.3 Å². The van der Waals surface area contributed by atoms with Crippen molar-refractivity contribution < 1.29 is 13.9 Å². The van der Waals surface area contributed by atoms with Crippen molar-refractivity contribution in [2.24, 2.45) is 5.92 Å². The van der Waals surface area contributed by atoms with E-state index >= 15 is 0 Å². The van der Waals surface area contributed by atoms with Gasteiger partial charge in [0.05, 0.1) is 19.3 Å². The molecule has 1 fully saturated rings. The molecule has 1 saturated heterocycles. The quantitative estimate of drug-likeness (QED) is 0.430. The number of hydrogen-bond acceptors (Lipinski definition) is 3. The summed E-state index contributed by atoms with van der Waals surface area (Å²) < 4.78 is 18.5. The van der Waals surface area contributed by atoms with Crippen LogP contribution in [-0.4, -0.2) is 44.3 Å². The average molecular weight is 500 g/mol. The molecule has 0 atom stereocenters. The molecule has 2 aliphatic rings. The number of esters is 1. The van der Waals surface area contributed by atoms with Crippen LogP contribution in [0.15, 0.2) is 40.9 Å². The van der Waals surface area contributed by atoms with Gasteiger partial charge in [0.2, 0.25) is 0 Å². The fraction of sp³-hybridized carbons (Fsp3) is 0.444. The minimum absolute atomic E-state index is 0.222. The Morgan fingerprint density at radius 1 is 1.16 bits per heavy atom. The molecule has 1 aliphatic carbocycles. The number of allylic oxidation sites excluding steroid dienone is 1. The number of ether oxygens (including phenoxy) is 1. The second-order valence-electron chi connectivity index (χ2n) is 8.96. The van der Waals surface area contributed by atoms with Gasteiger partial charge in [-0.25, -0.2) is 4.79 Å². The van der Waals surface area contributed by atoms with Crippen LogP contribution in [0.5, 0.6) is 0 Å². The van der Waals surface area contributed by atoms with Gasteiger partial charge in [0.25, 0.3) is 0 Å². The maximum Gasteiger partial charge on any atom is 0.338 e. The first kappa shape index (κ1) is 23.2. The topological polar surface area (TPSA) is 29.5 Å². The summed E-state index contributed by atoms with van der Waals surface area (Å²) in [5, 5.41) is 0. The fourth-order valence-electron chi connectivity index (χ4n) is 5.06. The molecule has 2 aromatic rings. The van der Waals surface area contributed by atoms with Crippen molar-refractivity contribution in [3.8, 4) is 0 Å². The molecule has 32 heavy (non-hydrogen) atoms. The average Bonchev–Trinajstić information content (AvgIpc) is 2.94. The minimum Gasteiger partial charge on any atom is -0.465 e. The third-order valence-corrected chi connectivity index (χ3v) is 7.57. The summed E-state index contributed by atoms with van der Waals surface area (Å²) in [7, 11) is 1.43. The van der Waals surface area contributed by atoms with E-state index in [9.17, 15) is 9.18 Å². The highest BCUT2D eigenvalue weighted by molar-refractivity contribution is 9.11. The van der Waals surface area contributed by atoms with Gasteiger partial charge in [0.1, 0.15) is 0 Å². The molecule has 0 N–H and O–H groups in total. The lowest BCUT2D eigenvalue weighted by Gasteiger charge is -2.39. The number of likely N-dealkylation sites (tertiary alicyclic amines) is 1. The van der Waals surface area contributed by atoms with E-state index in [-0.39, 0.29) is 12.6 Å². The van der Waals surface area contributed by atoms with E-state index in [1.807, 2.05) is 13.0 Å². The Labute approximate surface area is 198 Å². The maximum atomic E-state index is 12.3. The first-order valence-corrected chi connectivity index (χ1v) is 12.3. The Kier molecular flexibility index (Phi) is 7.47. The van der Waals surface area contributed by atoms with Crippen molar-refractivity contribution in [1.82, 2.24) is 4.90 Å². The third kappa shape index (κ3) is 4.84. The Balaban J connectivity index is 1.55. The number of alkyl halides is 1. The normalized spacial score (nSPS) is 17.0. The van der Waals surface area contributed by atoms with Crippen molar-refractivity contribution in [3.05, 3.63) is 74.3 Å². The molecular weight excluding hydrogens is 469 g/mol. The summed E-state index contributed by atoms with van der Waals surface area (Å²) in [6.07, 6.45) is 4.69. The van der Waals surface area contributed by atoms with Crippen molar-refractivity contribution in [2.75, 3.05) is 33.4 Å². The summed E-state index contributed by atoms with van der Waals surface area (Å²) in [4.78, 5) is 14.5. The molecule has 0 amide bonds.